The zero-order valence-electron chi connectivity index (χ0n) is 17.8. The standard InChI is InChI=1S/C20H42O4S.Na/c1-3-5-7-9-11-13-15-17-19-23-25(21,22)24-20-18-16-14-12-10-8-6-4-2;/h3-20H2,1-2H3;/q;+1. The van der Waals surface area contributed by atoms with Crippen molar-refractivity contribution in [1.82, 2.24) is 0 Å². The van der Waals surface area contributed by atoms with E-state index in [2.05, 4.69) is 13.8 Å². The molecule has 0 bridgehead atoms. The zero-order valence-corrected chi connectivity index (χ0v) is 20.6. The van der Waals surface area contributed by atoms with Crippen LogP contribution in [0.3, 0.4) is 0 Å². The molecule has 0 aliphatic rings. The molecule has 0 radical (unpaired) electrons. The van der Waals surface area contributed by atoms with E-state index in [1.807, 2.05) is 0 Å². The van der Waals surface area contributed by atoms with E-state index in [9.17, 15) is 8.42 Å². The fourth-order valence-electron chi connectivity index (χ4n) is 2.83. The predicted octanol–water partition coefficient (Wildman–Crippen LogP) is 3.55. The van der Waals surface area contributed by atoms with E-state index in [0.29, 0.717) is 0 Å². The average Bonchev–Trinajstić information content (AvgIpc) is 2.59. The molecule has 0 N–H and O–H groups in total. The molecule has 152 valence electrons. The summed E-state index contributed by atoms with van der Waals surface area (Å²) in [5.74, 6) is 0. The van der Waals surface area contributed by atoms with Gasteiger partial charge in [0.2, 0.25) is 0 Å². The fraction of sp³-hybridized carbons (Fsp3) is 1.00. The van der Waals surface area contributed by atoms with Crippen molar-refractivity contribution in [3.8, 4) is 0 Å². The van der Waals surface area contributed by atoms with Crippen molar-refractivity contribution in [2.24, 2.45) is 0 Å². The molecule has 0 fully saturated rings. The Hall–Kier alpha value is 0.870. The Balaban J connectivity index is 0. The quantitative estimate of drug-likeness (QED) is 0.231. The van der Waals surface area contributed by atoms with Crippen molar-refractivity contribution < 1.29 is 46.3 Å². The SMILES string of the molecule is CCCCCCCCCCOS(=O)(=O)OCCCCCCCCCC.[Na+]. The zero-order chi connectivity index (χ0) is 18.6. The summed E-state index contributed by atoms with van der Waals surface area (Å²) in [5, 5.41) is 0. The minimum Gasteiger partial charge on any atom is -0.248 e. The molecule has 0 amide bonds. The summed E-state index contributed by atoms with van der Waals surface area (Å²) in [4.78, 5) is 0. The minimum absolute atomic E-state index is 0. The first kappa shape index (κ1) is 29.1. The number of rotatable bonds is 20. The van der Waals surface area contributed by atoms with Crippen LogP contribution in [0.4, 0.5) is 0 Å². The van der Waals surface area contributed by atoms with Crippen molar-refractivity contribution in [3.63, 3.8) is 0 Å². The van der Waals surface area contributed by atoms with E-state index in [-0.39, 0.29) is 42.8 Å². The van der Waals surface area contributed by atoms with Gasteiger partial charge in [-0.15, -0.1) is 0 Å². The van der Waals surface area contributed by atoms with Gasteiger partial charge in [-0.2, -0.15) is 8.42 Å². The van der Waals surface area contributed by atoms with Crippen LogP contribution in [0.25, 0.3) is 0 Å². The Morgan fingerprint density at radius 1 is 0.500 bits per heavy atom. The van der Waals surface area contributed by atoms with Gasteiger partial charge in [-0.1, -0.05) is 104 Å². The van der Waals surface area contributed by atoms with Crippen LogP contribution in [-0.2, 0) is 18.8 Å². The van der Waals surface area contributed by atoms with Crippen LogP contribution in [-0.4, -0.2) is 21.6 Å². The smallest absolute Gasteiger partial charge is 0.248 e. The molecule has 0 aromatic heterocycles. The molecular weight excluding hydrogens is 359 g/mol. The van der Waals surface area contributed by atoms with Crippen LogP contribution in [0.5, 0.6) is 0 Å². The van der Waals surface area contributed by atoms with Gasteiger partial charge < -0.3 is 0 Å². The van der Waals surface area contributed by atoms with Crippen LogP contribution in [0, 0.1) is 0 Å². The Morgan fingerprint density at radius 3 is 1.08 bits per heavy atom. The maximum atomic E-state index is 11.6. The average molecular weight is 402 g/mol. The molecule has 0 aliphatic heterocycles. The van der Waals surface area contributed by atoms with Gasteiger partial charge in [0.25, 0.3) is 0 Å². The van der Waals surface area contributed by atoms with Crippen molar-refractivity contribution >= 4 is 10.4 Å². The second-order valence-corrected chi connectivity index (χ2v) is 8.29. The molecule has 0 rings (SSSR count). The van der Waals surface area contributed by atoms with Crippen molar-refractivity contribution in [3.05, 3.63) is 0 Å². The van der Waals surface area contributed by atoms with Crippen molar-refractivity contribution in [2.75, 3.05) is 13.2 Å². The van der Waals surface area contributed by atoms with Crippen molar-refractivity contribution in [2.45, 2.75) is 117 Å². The van der Waals surface area contributed by atoms with E-state index in [0.717, 1.165) is 38.5 Å². The molecule has 4 nitrogen and oxygen atoms in total. The van der Waals surface area contributed by atoms with Gasteiger partial charge >= 0.3 is 40.0 Å². The van der Waals surface area contributed by atoms with Crippen LogP contribution in [0.15, 0.2) is 0 Å². The molecule has 0 saturated heterocycles. The van der Waals surface area contributed by atoms with Gasteiger partial charge in [-0.25, -0.2) is 8.37 Å². The van der Waals surface area contributed by atoms with E-state index in [1.54, 1.807) is 0 Å². The summed E-state index contributed by atoms with van der Waals surface area (Å²) < 4.78 is 33.0. The van der Waals surface area contributed by atoms with E-state index >= 15 is 0 Å². The molecule has 0 heterocycles. The molecule has 6 heteroatoms. The van der Waals surface area contributed by atoms with Gasteiger partial charge in [0.05, 0.1) is 13.2 Å². The Bertz CT molecular complexity index is 333. The van der Waals surface area contributed by atoms with Crippen molar-refractivity contribution in [1.29, 1.82) is 0 Å². The predicted molar refractivity (Wildman–Crippen MR) is 106 cm³/mol. The summed E-state index contributed by atoms with van der Waals surface area (Å²) in [5.41, 5.74) is 0. The number of hydrogen-bond acceptors (Lipinski definition) is 4. The van der Waals surface area contributed by atoms with Gasteiger partial charge in [-0.3, -0.25) is 0 Å². The van der Waals surface area contributed by atoms with Crippen LogP contribution in [0.1, 0.15) is 117 Å². The Morgan fingerprint density at radius 2 is 0.769 bits per heavy atom. The molecule has 0 spiro atoms. The molecule has 0 aromatic carbocycles. The summed E-state index contributed by atoms with van der Waals surface area (Å²) in [7, 11) is -3.79. The fourth-order valence-corrected chi connectivity index (χ4v) is 3.54. The first-order valence-electron chi connectivity index (χ1n) is 10.7. The maximum Gasteiger partial charge on any atom is 1.00 e. The molecule has 0 saturated carbocycles. The van der Waals surface area contributed by atoms with Crippen LogP contribution in [0.2, 0.25) is 0 Å². The summed E-state index contributed by atoms with van der Waals surface area (Å²) in [6.45, 7) is 4.92. The first-order valence-corrected chi connectivity index (χ1v) is 12.0. The molecular formula is C20H42NaO4S+. The van der Waals surface area contributed by atoms with Gasteiger partial charge in [0, 0.05) is 0 Å². The second kappa shape index (κ2) is 22.2. The second-order valence-electron chi connectivity index (χ2n) is 7.00. The third-order valence-corrected chi connectivity index (χ3v) is 5.36. The Labute approximate surface area is 185 Å². The van der Waals surface area contributed by atoms with Gasteiger partial charge in [0.15, 0.2) is 0 Å². The molecule has 0 aliphatic carbocycles. The molecule has 26 heavy (non-hydrogen) atoms. The number of hydrogen-bond donors (Lipinski definition) is 0. The summed E-state index contributed by atoms with van der Waals surface area (Å²) >= 11 is 0. The normalized spacial score (nSPS) is 11.5. The monoisotopic (exact) mass is 401 g/mol. The molecule has 0 unspecified atom stereocenters. The minimum atomic E-state index is -3.79. The summed E-state index contributed by atoms with van der Waals surface area (Å²) in [6, 6.07) is 0. The summed E-state index contributed by atoms with van der Waals surface area (Å²) in [6.07, 6.45) is 18.8. The van der Waals surface area contributed by atoms with E-state index in [1.165, 1.54) is 64.2 Å². The Kier molecular flexibility index (Phi) is 24.8. The number of unbranched alkanes of at least 4 members (excludes halogenated alkanes) is 14. The van der Waals surface area contributed by atoms with E-state index < -0.39 is 10.4 Å². The third kappa shape index (κ3) is 22.9. The maximum absolute atomic E-state index is 11.6. The molecule has 0 aromatic rings. The first-order chi connectivity index (χ1) is 12.1. The molecule has 0 atom stereocenters. The van der Waals surface area contributed by atoms with Crippen LogP contribution >= 0.6 is 0 Å². The van der Waals surface area contributed by atoms with Gasteiger partial charge in [0.1, 0.15) is 0 Å². The topological polar surface area (TPSA) is 52.6 Å². The van der Waals surface area contributed by atoms with Gasteiger partial charge in [-0.05, 0) is 12.8 Å². The van der Waals surface area contributed by atoms with E-state index in [4.69, 9.17) is 8.37 Å². The van der Waals surface area contributed by atoms with Crippen LogP contribution < -0.4 is 29.6 Å². The largest absolute Gasteiger partial charge is 1.00 e. The third-order valence-electron chi connectivity index (χ3n) is 4.45.